The van der Waals surface area contributed by atoms with Gasteiger partial charge in [-0.25, -0.2) is 0 Å². The van der Waals surface area contributed by atoms with Crippen LogP contribution >= 0.6 is 0 Å². The molecule has 0 radical (unpaired) electrons. The van der Waals surface area contributed by atoms with Crippen LogP contribution in [0.2, 0.25) is 0 Å². The summed E-state index contributed by atoms with van der Waals surface area (Å²) in [6, 6.07) is 4.08. The highest BCUT2D eigenvalue weighted by molar-refractivity contribution is 5.94. The molecule has 1 saturated carbocycles. The molecule has 0 bridgehead atoms. The summed E-state index contributed by atoms with van der Waals surface area (Å²) in [7, 11) is 1.92. The first kappa shape index (κ1) is 12.1. The first-order chi connectivity index (χ1) is 8.18. The number of pyridine rings is 1. The molecule has 0 aromatic carbocycles. The Morgan fingerprint density at radius 3 is 2.71 bits per heavy atom. The van der Waals surface area contributed by atoms with Crippen molar-refractivity contribution in [3.05, 3.63) is 29.6 Å². The van der Waals surface area contributed by atoms with Crippen molar-refractivity contribution in [1.82, 2.24) is 9.88 Å². The van der Waals surface area contributed by atoms with E-state index in [0.717, 1.165) is 24.1 Å². The van der Waals surface area contributed by atoms with Gasteiger partial charge in [0.05, 0.1) is 0 Å². The predicted molar refractivity (Wildman–Crippen MR) is 67.9 cm³/mol. The second kappa shape index (κ2) is 5.30. The zero-order valence-electron chi connectivity index (χ0n) is 10.6. The summed E-state index contributed by atoms with van der Waals surface area (Å²) in [6.07, 6.45) is 7.80. The maximum atomic E-state index is 12.3. The zero-order chi connectivity index (χ0) is 12.3. The average Bonchev–Trinajstić information content (AvgIpc) is 2.38. The summed E-state index contributed by atoms with van der Waals surface area (Å²) in [6.45, 7) is 1.91. The number of amides is 1. The van der Waals surface area contributed by atoms with E-state index in [1.165, 1.54) is 19.3 Å². The van der Waals surface area contributed by atoms with Crippen molar-refractivity contribution in [1.29, 1.82) is 0 Å². The number of hydrogen-bond acceptors (Lipinski definition) is 2. The number of carbonyl (C=O) groups excluding carboxylic acids is 1. The van der Waals surface area contributed by atoms with Crippen LogP contribution in [0.1, 0.15) is 48.2 Å². The van der Waals surface area contributed by atoms with E-state index in [-0.39, 0.29) is 5.91 Å². The van der Waals surface area contributed by atoms with Crippen molar-refractivity contribution in [2.45, 2.75) is 45.1 Å². The molecule has 3 nitrogen and oxygen atoms in total. The Bertz CT molecular complexity index is 397. The third-order valence-corrected chi connectivity index (χ3v) is 3.59. The summed E-state index contributed by atoms with van der Waals surface area (Å²) < 4.78 is 0. The van der Waals surface area contributed by atoms with E-state index in [9.17, 15) is 4.79 Å². The van der Waals surface area contributed by atoms with Crippen LogP contribution in [0.15, 0.2) is 18.3 Å². The largest absolute Gasteiger partial charge is 0.339 e. The molecule has 17 heavy (non-hydrogen) atoms. The van der Waals surface area contributed by atoms with Crippen LogP contribution in [0, 0.1) is 6.92 Å². The molecule has 0 spiro atoms. The first-order valence-corrected chi connectivity index (χ1v) is 6.38. The lowest BCUT2D eigenvalue weighted by Gasteiger charge is -2.31. The van der Waals surface area contributed by atoms with E-state index in [1.807, 2.05) is 24.9 Å². The molecule has 1 amide bonds. The minimum atomic E-state index is 0.127. The summed E-state index contributed by atoms with van der Waals surface area (Å²) >= 11 is 0. The number of aryl methyl sites for hydroxylation is 1. The van der Waals surface area contributed by atoms with Crippen LogP contribution in [0.5, 0.6) is 0 Å². The van der Waals surface area contributed by atoms with Crippen molar-refractivity contribution in [2.75, 3.05) is 7.05 Å². The Kier molecular flexibility index (Phi) is 3.77. The van der Waals surface area contributed by atoms with E-state index >= 15 is 0 Å². The Morgan fingerprint density at radius 1 is 1.35 bits per heavy atom. The topological polar surface area (TPSA) is 33.2 Å². The molecule has 0 saturated heterocycles. The molecule has 0 unspecified atom stereocenters. The molecule has 92 valence electrons. The third kappa shape index (κ3) is 2.84. The molecule has 1 aromatic rings. The molecule has 3 heteroatoms. The van der Waals surface area contributed by atoms with Gasteiger partial charge in [0, 0.05) is 30.5 Å². The second-order valence-corrected chi connectivity index (χ2v) is 4.89. The number of hydrogen-bond donors (Lipinski definition) is 0. The first-order valence-electron chi connectivity index (χ1n) is 6.38. The normalized spacial score (nSPS) is 16.8. The third-order valence-electron chi connectivity index (χ3n) is 3.59. The van der Waals surface area contributed by atoms with Crippen LogP contribution in [-0.2, 0) is 0 Å². The SMILES string of the molecule is Cc1cc(C(=O)N(C)C2CCCCC2)ccn1. The zero-order valence-corrected chi connectivity index (χ0v) is 10.6. The smallest absolute Gasteiger partial charge is 0.253 e. The summed E-state index contributed by atoms with van der Waals surface area (Å²) in [5.74, 6) is 0.127. The highest BCUT2D eigenvalue weighted by Crippen LogP contribution is 2.22. The standard InChI is InChI=1S/C14H20N2O/c1-11-10-12(8-9-15-11)14(17)16(2)13-6-4-3-5-7-13/h8-10,13H,3-7H2,1-2H3. The fourth-order valence-electron chi connectivity index (χ4n) is 2.52. The lowest BCUT2D eigenvalue weighted by Crippen LogP contribution is -2.38. The molecule has 0 aliphatic heterocycles. The minimum absolute atomic E-state index is 0.127. The van der Waals surface area contributed by atoms with Gasteiger partial charge in [0.1, 0.15) is 0 Å². The lowest BCUT2D eigenvalue weighted by atomic mass is 9.94. The molecular formula is C14H20N2O. The summed E-state index contributed by atoms with van der Waals surface area (Å²) in [5, 5.41) is 0. The minimum Gasteiger partial charge on any atom is -0.339 e. The molecule has 1 aromatic heterocycles. The van der Waals surface area contributed by atoms with Crippen molar-refractivity contribution < 1.29 is 4.79 Å². The van der Waals surface area contributed by atoms with Gasteiger partial charge in [0.25, 0.3) is 5.91 Å². The highest BCUT2D eigenvalue weighted by Gasteiger charge is 2.22. The average molecular weight is 232 g/mol. The van der Waals surface area contributed by atoms with Gasteiger partial charge in [0.15, 0.2) is 0 Å². The molecule has 1 heterocycles. The van der Waals surface area contributed by atoms with Crippen LogP contribution in [0.3, 0.4) is 0 Å². The number of carbonyl (C=O) groups is 1. The Balaban J connectivity index is 2.08. The fraction of sp³-hybridized carbons (Fsp3) is 0.571. The van der Waals surface area contributed by atoms with E-state index < -0.39 is 0 Å². The Hall–Kier alpha value is -1.38. The quantitative estimate of drug-likeness (QED) is 0.785. The maximum Gasteiger partial charge on any atom is 0.253 e. The van der Waals surface area contributed by atoms with Gasteiger partial charge in [-0.2, -0.15) is 0 Å². The van der Waals surface area contributed by atoms with Crippen molar-refractivity contribution >= 4 is 5.91 Å². The predicted octanol–water partition coefficient (Wildman–Crippen LogP) is 2.79. The monoisotopic (exact) mass is 232 g/mol. The van der Waals surface area contributed by atoms with E-state index in [4.69, 9.17) is 0 Å². The van der Waals surface area contributed by atoms with Crippen molar-refractivity contribution in [3.8, 4) is 0 Å². The van der Waals surface area contributed by atoms with Gasteiger partial charge >= 0.3 is 0 Å². The van der Waals surface area contributed by atoms with Gasteiger partial charge in [-0.05, 0) is 31.9 Å². The number of rotatable bonds is 2. The van der Waals surface area contributed by atoms with Gasteiger partial charge in [-0.1, -0.05) is 19.3 Å². The molecule has 1 fully saturated rings. The van der Waals surface area contributed by atoms with E-state index in [2.05, 4.69) is 4.98 Å². The maximum absolute atomic E-state index is 12.3. The van der Waals surface area contributed by atoms with Gasteiger partial charge in [-0.15, -0.1) is 0 Å². The van der Waals surface area contributed by atoms with Crippen molar-refractivity contribution in [3.63, 3.8) is 0 Å². The van der Waals surface area contributed by atoms with E-state index in [1.54, 1.807) is 12.3 Å². The molecular weight excluding hydrogens is 212 g/mol. The van der Waals surface area contributed by atoms with Gasteiger partial charge in [0.2, 0.25) is 0 Å². The van der Waals surface area contributed by atoms with Crippen LogP contribution in [0.25, 0.3) is 0 Å². The summed E-state index contributed by atoms with van der Waals surface area (Å²) in [5.41, 5.74) is 1.65. The fourth-order valence-corrected chi connectivity index (χ4v) is 2.52. The van der Waals surface area contributed by atoms with Crippen LogP contribution in [-0.4, -0.2) is 28.9 Å². The lowest BCUT2D eigenvalue weighted by molar-refractivity contribution is 0.0696. The Morgan fingerprint density at radius 2 is 2.06 bits per heavy atom. The Labute approximate surface area is 103 Å². The second-order valence-electron chi connectivity index (χ2n) is 4.89. The summed E-state index contributed by atoms with van der Waals surface area (Å²) in [4.78, 5) is 18.3. The molecule has 1 aliphatic carbocycles. The van der Waals surface area contributed by atoms with Crippen LogP contribution in [0.4, 0.5) is 0 Å². The van der Waals surface area contributed by atoms with Gasteiger partial charge < -0.3 is 4.90 Å². The molecule has 0 atom stereocenters. The highest BCUT2D eigenvalue weighted by atomic mass is 16.2. The number of aromatic nitrogens is 1. The van der Waals surface area contributed by atoms with Crippen LogP contribution < -0.4 is 0 Å². The molecule has 1 aliphatic rings. The van der Waals surface area contributed by atoms with E-state index in [0.29, 0.717) is 6.04 Å². The molecule has 0 N–H and O–H groups in total. The van der Waals surface area contributed by atoms with Gasteiger partial charge in [-0.3, -0.25) is 9.78 Å². The van der Waals surface area contributed by atoms with Crippen molar-refractivity contribution in [2.24, 2.45) is 0 Å². The molecule has 2 rings (SSSR count). The number of nitrogens with zero attached hydrogens (tertiary/aromatic N) is 2.